The van der Waals surface area contributed by atoms with Gasteiger partial charge in [0.1, 0.15) is 11.4 Å². The normalized spacial score (nSPS) is 15.0. The second-order valence-electron chi connectivity index (χ2n) is 6.89. The second kappa shape index (κ2) is 8.46. The van der Waals surface area contributed by atoms with Crippen molar-refractivity contribution in [3.63, 3.8) is 0 Å². The van der Waals surface area contributed by atoms with E-state index in [1.165, 1.54) is 22.2 Å². The number of carbonyl (C=O) groups is 2. The topological polar surface area (TPSA) is 81.5 Å². The summed E-state index contributed by atoms with van der Waals surface area (Å²) < 4.78 is 6.45. The number of hydrogen-bond donors (Lipinski definition) is 0. The third-order valence-electron chi connectivity index (χ3n) is 5.12. The summed E-state index contributed by atoms with van der Waals surface area (Å²) in [6.07, 6.45) is 2.62. The lowest BCUT2D eigenvalue weighted by molar-refractivity contribution is -0.151. The molecule has 3 aromatic heterocycles. The van der Waals surface area contributed by atoms with Crippen molar-refractivity contribution in [1.82, 2.24) is 14.5 Å². The van der Waals surface area contributed by atoms with Crippen molar-refractivity contribution in [2.24, 2.45) is 5.92 Å². The number of aromatic nitrogens is 2. The summed E-state index contributed by atoms with van der Waals surface area (Å²) in [4.78, 5) is 45.4. The van der Waals surface area contributed by atoms with E-state index in [0.717, 1.165) is 10.4 Å². The monoisotopic (exact) mass is 431 g/mol. The first kappa shape index (κ1) is 19.8. The van der Waals surface area contributed by atoms with Gasteiger partial charge >= 0.3 is 5.97 Å². The molecule has 0 aliphatic carbocycles. The predicted molar refractivity (Wildman–Crippen MR) is 113 cm³/mol. The van der Waals surface area contributed by atoms with Crippen molar-refractivity contribution in [3.8, 4) is 10.4 Å². The highest BCUT2D eigenvalue weighted by Crippen LogP contribution is 2.33. The number of hydrogen-bond acceptors (Lipinski definition) is 7. The molecule has 4 heterocycles. The standard InChI is InChI=1S/C20H21N3O4S2/c1-2-27-20(26)13-5-7-22(8-6-13)16(24)10-23-12-21-18-17(19(23)25)14(11-29-18)15-4-3-9-28-15/h3-4,9,11-13H,2,5-8,10H2,1H3. The van der Waals surface area contributed by atoms with Gasteiger partial charge in [-0.1, -0.05) is 6.07 Å². The summed E-state index contributed by atoms with van der Waals surface area (Å²) in [5.74, 6) is -0.480. The van der Waals surface area contributed by atoms with Crippen LogP contribution in [0.4, 0.5) is 0 Å². The Balaban J connectivity index is 1.49. The number of nitrogens with zero attached hydrogens (tertiary/aromatic N) is 3. The number of thiophene rings is 2. The highest BCUT2D eigenvalue weighted by atomic mass is 32.1. The van der Waals surface area contributed by atoms with E-state index in [2.05, 4.69) is 4.98 Å². The number of rotatable bonds is 5. The lowest BCUT2D eigenvalue weighted by atomic mass is 9.97. The minimum absolute atomic E-state index is 0.0500. The molecule has 0 aromatic carbocycles. The number of piperidine rings is 1. The third kappa shape index (κ3) is 3.97. The Labute approximate surface area is 175 Å². The lowest BCUT2D eigenvalue weighted by Gasteiger charge is -2.31. The Kier molecular flexibility index (Phi) is 5.77. The van der Waals surface area contributed by atoms with E-state index in [4.69, 9.17) is 4.74 Å². The molecule has 1 fully saturated rings. The number of carbonyl (C=O) groups excluding carboxylic acids is 2. The van der Waals surface area contributed by atoms with E-state index in [0.29, 0.717) is 42.8 Å². The summed E-state index contributed by atoms with van der Waals surface area (Å²) in [6, 6.07) is 3.92. The Hall–Kier alpha value is -2.52. The Bertz CT molecular complexity index is 1080. The first-order valence-corrected chi connectivity index (χ1v) is 11.3. The first-order chi connectivity index (χ1) is 14.1. The van der Waals surface area contributed by atoms with Gasteiger partial charge in [-0.2, -0.15) is 0 Å². The van der Waals surface area contributed by atoms with Crippen LogP contribution in [-0.2, 0) is 20.9 Å². The quantitative estimate of drug-likeness (QED) is 0.580. The van der Waals surface area contributed by atoms with E-state index in [1.54, 1.807) is 23.2 Å². The molecular weight excluding hydrogens is 410 g/mol. The summed E-state index contributed by atoms with van der Waals surface area (Å²) >= 11 is 3.00. The minimum Gasteiger partial charge on any atom is -0.466 e. The molecule has 1 saturated heterocycles. The first-order valence-electron chi connectivity index (χ1n) is 9.53. The molecule has 4 rings (SSSR count). The summed E-state index contributed by atoms with van der Waals surface area (Å²) in [6.45, 7) is 3.09. The molecular formula is C20H21N3O4S2. The average Bonchev–Trinajstić information content (AvgIpc) is 3.40. The van der Waals surface area contributed by atoms with Gasteiger partial charge in [-0.15, -0.1) is 22.7 Å². The van der Waals surface area contributed by atoms with Gasteiger partial charge in [0.2, 0.25) is 5.91 Å². The van der Waals surface area contributed by atoms with E-state index >= 15 is 0 Å². The van der Waals surface area contributed by atoms with Crippen LogP contribution in [-0.4, -0.2) is 46.0 Å². The molecule has 0 unspecified atom stereocenters. The van der Waals surface area contributed by atoms with Gasteiger partial charge in [0.05, 0.1) is 24.2 Å². The van der Waals surface area contributed by atoms with E-state index in [-0.39, 0.29) is 29.9 Å². The van der Waals surface area contributed by atoms with Crippen LogP contribution in [0, 0.1) is 5.92 Å². The number of likely N-dealkylation sites (tertiary alicyclic amines) is 1. The number of fused-ring (bicyclic) bond motifs is 1. The van der Waals surface area contributed by atoms with E-state index in [1.807, 2.05) is 22.9 Å². The van der Waals surface area contributed by atoms with Crippen molar-refractivity contribution < 1.29 is 14.3 Å². The number of ether oxygens (including phenoxy) is 1. The van der Waals surface area contributed by atoms with Crippen LogP contribution in [0.5, 0.6) is 0 Å². The molecule has 9 heteroatoms. The fourth-order valence-electron chi connectivity index (χ4n) is 3.56. The molecule has 0 saturated carbocycles. The van der Waals surface area contributed by atoms with Gasteiger partial charge in [-0.25, -0.2) is 4.98 Å². The fraction of sp³-hybridized carbons (Fsp3) is 0.400. The van der Waals surface area contributed by atoms with Crippen LogP contribution in [0.3, 0.4) is 0 Å². The van der Waals surface area contributed by atoms with Gasteiger partial charge in [0.25, 0.3) is 5.56 Å². The van der Waals surface area contributed by atoms with Gasteiger partial charge in [-0.05, 0) is 31.2 Å². The van der Waals surface area contributed by atoms with Crippen LogP contribution < -0.4 is 5.56 Å². The Morgan fingerprint density at radius 3 is 2.76 bits per heavy atom. The van der Waals surface area contributed by atoms with Crippen LogP contribution in [0.2, 0.25) is 0 Å². The second-order valence-corrected chi connectivity index (χ2v) is 8.70. The van der Waals surface area contributed by atoms with Crippen LogP contribution in [0.15, 0.2) is 34.0 Å². The van der Waals surface area contributed by atoms with Gasteiger partial charge in [0.15, 0.2) is 0 Å². The molecule has 7 nitrogen and oxygen atoms in total. The minimum atomic E-state index is -0.200. The molecule has 3 aromatic rings. The summed E-state index contributed by atoms with van der Waals surface area (Å²) in [5, 5.41) is 4.47. The molecule has 0 N–H and O–H groups in total. The molecule has 152 valence electrons. The van der Waals surface area contributed by atoms with Crippen molar-refractivity contribution in [2.75, 3.05) is 19.7 Å². The van der Waals surface area contributed by atoms with Crippen LogP contribution >= 0.6 is 22.7 Å². The van der Waals surface area contributed by atoms with Gasteiger partial charge in [-0.3, -0.25) is 19.0 Å². The maximum atomic E-state index is 13.0. The Morgan fingerprint density at radius 1 is 1.28 bits per heavy atom. The molecule has 1 aliphatic heterocycles. The van der Waals surface area contributed by atoms with Crippen LogP contribution in [0.25, 0.3) is 20.7 Å². The average molecular weight is 432 g/mol. The third-order valence-corrected chi connectivity index (χ3v) is 6.91. The summed E-state index contributed by atoms with van der Waals surface area (Å²) in [5.41, 5.74) is 0.670. The molecule has 0 spiro atoms. The Morgan fingerprint density at radius 2 is 2.07 bits per heavy atom. The molecule has 0 bridgehead atoms. The fourth-order valence-corrected chi connectivity index (χ4v) is 5.28. The van der Waals surface area contributed by atoms with Gasteiger partial charge in [0, 0.05) is 28.9 Å². The largest absolute Gasteiger partial charge is 0.466 e. The van der Waals surface area contributed by atoms with Crippen molar-refractivity contribution in [2.45, 2.75) is 26.3 Å². The molecule has 0 radical (unpaired) electrons. The predicted octanol–water partition coefficient (Wildman–Crippen LogP) is 2.99. The smallest absolute Gasteiger partial charge is 0.309 e. The van der Waals surface area contributed by atoms with Crippen molar-refractivity contribution in [1.29, 1.82) is 0 Å². The van der Waals surface area contributed by atoms with E-state index in [9.17, 15) is 14.4 Å². The lowest BCUT2D eigenvalue weighted by Crippen LogP contribution is -2.43. The highest BCUT2D eigenvalue weighted by Gasteiger charge is 2.28. The molecule has 29 heavy (non-hydrogen) atoms. The van der Waals surface area contributed by atoms with Crippen LogP contribution in [0.1, 0.15) is 19.8 Å². The van der Waals surface area contributed by atoms with Gasteiger partial charge < -0.3 is 9.64 Å². The maximum Gasteiger partial charge on any atom is 0.309 e. The number of esters is 1. The van der Waals surface area contributed by atoms with Crippen molar-refractivity contribution in [3.05, 3.63) is 39.6 Å². The SMILES string of the molecule is CCOC(=O)C1CCN(C(=O)Cn2cnc3scc(-c4cccs4)c3c2=O)CC1. The molecule has 0 atom stereocenters. The zero-order chi connectivity index (χ0) is 20.4. The molecule has 1 amide bonds. The maximum absolute atomic E-state index is 13.0. The molecule has 1 aliphatic rings. The summed E-state index contributed by atoms with van der Waals surface area (Å²) in [7, 11) is 0. The van der Waals surface area contributed by atoms with Crippen molar-refractivity contribution >= 4 is 44.8 Å². The van der Waals surface area contributed by atoms with E-state index < -0.39 is 0 Å². The number of amides is 1. The zero-order valence-corrected chi connectivity index (χ0v) is 17.6. The zero-order valence-electron chi connectivity index (χ0n) is 16.0. The highest BCUT2D eigenvalue weighted by molar-refractivity contribution is 7.18.